The highest BCUT2D eigenvalue weighted by Gasteiger charge is 2.29. The van der Waals surface area contributed by atoms with Crippen LogP contribution in [0.5, 0.6) is 0 Å². The van der Waals surface area contributed by atoms with Crippen LogP contribution in [0.3, 0.4) is 0 Å². The maximum Gasteiger partial charge on any atom is 0.330 e. The first-order valence-corrected chi connectivity index (χ1v) is 5.79. The van der Waals surface area contributed by atoms with Crippen molar-refractivity contribution in [3.8, 4) is 0 Å². The lowest BCUT2D eigenvalue weighted by atomic mass is 10.1. The highest BCUT2D eigenvalue weighted by atomic mass is 16.2. The van der Waals surface area contributed by atoms with Gasteiger partial charge in [-0.25, -0.2) is 4.79 Å². The first-order valence-electron chi connectivity index (χ1n) is 5.79. The summed E-state index contributed by atoms with van der Waals surface area (Å²) < 4.78 is 0. The number of carbonyl (C=O) groups excluding carboxylic acids is 3. The predicted molar refractivity (Wildman–Crippen MR) is 58.6 cm³/mol. The van der Waals surface area contributed by atoms with Gasteiger partial charge in [-0.15, -0.1) is 0 Å². The van der Waals surface area contributed by atoms with E-state index in [9.17, 15) is 14.4 Å². The summed E-state index contributed by atoms with van der Waals surface area (Å²) in [5.41, 5.74) is 0. The van der Waals surface area contributed by atoms with Crippen molar-refractivity contribution in [1.82, 2.24) is 10.2 Å². The van der Waals surface area contributed by atoms with Crippen LogP contribution < -0.4 is 5.32 Å². The molecule has 5 heteroatoms. The summed E-state index contributed by atoms with van der Waals surface area (Å²) in [5, 5.41) is 2.14. The van der Waals surface area contributed by atoms with Crippen molar-refractivity contribution in [2.45, 2.75) is 45.4 Å². The standard InChI is InChI=1S/C11H18N2O3/c1-2-3-4-5-6-7-13-10(15)8-9(14)12-11(13)16/h2-8H2,1H3,(H,12,14,16). The SMILES string of the molecule is CCCCCCCN1C(=O)CC(=O)NC1=O. The summed E-state index contributed by atoms with van der Waals surface area (Å²) >= 11 is 0. The van der Waals surface area contributed by atoms with E-state index in [0.29, 0.717) is 6.54 Å². The fourth-order valence-electron chi connectivity index (χ4n) is 1.68. The van der Waals surface area contributed by atoms with Crippen molar-refractivity contribution in [1.29, 1.82) is 0 Å². The van der Waals surface area contributed by atoms with Gasteiger partial charge in [0.05, 0.1) is 0 Å². The van der Waals surface area contributed by atoms with Gasteiger partial charge >= 0.3 is 6.03 Å². The molecule has 1 saturated heterocycles. The highest BCUT2D eigenvalue weighted by molar-refractivity contribution is 6.14. The summed E-state index contributed by atoms with van der Waals surface area (Å²) in [5.74, 6) is -0.888. The van der Waals surface area contributed by atoms with E-state index in [4.69, 9.17) is 0 Å². The lowest BCUT2D eigenvalue weighted by molar-refractivity contribution is -0.136. The van der Waals surface area contributed by atoms with Gasteiger partial charge in [0.1, 0.15) is 6.42 Å². The third-order valence-electron chi connectivity index (χ3n) is 2.59. The summed E-state index contributed by atoms with van der Waals surface area (Å²) in [6, 6.07) is -0.572. The number of rotatable bonds is 6. The molecule has 0 unspecified atom stereocenters. The van der Waals surface area contributed by atoms with Crippen LogP contribution in [-0.4, -0.2) is 29.3 Å². The van der Waals surface area contributed by atoms with Crippen LogP contribution >= 0.6 is 0 Å². The minimum atomic E-state index is -0.572. The number of nitrogens with zero attached hydrogens (tertiary/aromatic N) is 1. The van der Waals surface area contributed by atoms with E-state index in [-0.39, 0.29) is 12.3 Å². The predicted octanol–water partition coefficient (Wildman–Crippen LogP) is 1.43. The molecule has 5 nitrogen and oxygen atoms in total. The van der Waals surface area contributed by atoms with Gasteiger partial charge in [-0.05, 0) is 6.42 Å². The van der Waals surface area contributed by atoms with Crippen molar-refractivity contribution in [2.75, 3.05) is 6.54 Å². The second kappa shape index (κ2) is 6.25. The molecule has 1 aliphatic rings. The number of urea groups is 1. The minimum absolute atomic E-state index is 0.208. The summed E-state index contributed by atoms with van der Waals surface area (Å²) in [7, 11) is 0. The van der Waals surface area contributed by atoms with Crippen LogP contribution in [0.15, 0.2) is 0 Å². The number of barbiturate groups is 1. The molecule has 0 atom stereocenters. The Morgan fingerprint density at radius 1 is 1.12 bits per heavy atom. The molecule has 0 aromatic carbocycles. The van der Waals surface area contributed by atoms with Crippen molar-refractivity contribution in [2.24, 2.45) is 0 Å². The first kappa shape index (κ1) is 12.7. The zero-order chi connectivity index (χ0) is 12.0. The number of nitrogens with one attached hydrogen (secondary N) is 1. The van der Waals surface area contributed by atoms with Crippen molar-refractivity contribution >= 4 is 17.8 Å². The normalized spacial score (nSPS) is 16.6. The number of carbonyl (C=O) groups is 3. The number of amides is 4. The summed E-state index contributed by atoms with van der Waals surface area (Å²) in [6.07, 6.45) is 5.09. The van der Waals surface area contributed by atoms with Gasteiger partial charge in [0, 0.05) is 6.54 Å². The lowest BCUT2D eigenvalue weighted by Crippen LogP contribution is -2.52. The number of imide groups is 2. The van der Waals surface area contributed by atoms with Crippen LogP contribution in [0.2, 0.25) is 0 Å². The highest BCUT2D eigenvalue weighted by Crippen LogP contribution is 2.07. The summed E-state index contributed by atoms with van der Waals surface area (Å²) in [4.78, 5) is 34.7. The van der Waals surface area contributed by atoms with E-state index < -0.39 is 11.9 Å². The molecule has 1 aliphatic heterocycles. The molecule has 1 N–H and O–H groups in total. The molecule has 4 amide bonds. The van der Waals surface area contributed by atoms with Gasteiger partial charge in [-0.3, -0.25) is 19.8 Å². The third-order valence-corrected chi connectivity index (χ3v) is 2.59. The quantitative estimate of drug-likeness (QED) is 0.550. The maximum absolute atomic E-state index is 11.4. The molecule has 1 rings (SSSR count). The van der Waals surface area contributed by atoms with Crippen molar-refractivity contribution < 1.29 is 14.4 Å². The molecule has 90 valence electrons. The Labute approximate surface area is 95.2 Å². The minimum Gasteiger partial charge on any atom is -0.277 e. The second-order valence-corrected chi connectivity index (χ2v) is 3.99. The number of unbranched alkanes of at least 4 members (excludes halogenated alkanes) is 4. The van der Waals surface area contributed by atoms with Crippen LogP contribution in [-0.2, 0) is 9.59 Å². The van der Waals surface area contributed by atoms with E-state index in [1.807, 2.05) is 0 Å². The average Bonchev–Trinajstić information content (AvgIpc) is 2.20. The fourth-order valence-corrected chi connectivity index (χ4v) is 1.68. The maximum atomic E-state index is 11.4. The van der Waals surface area contributed by atoms with E-state index in [2.05, 4.69) is 12.2 Å². The van der Waals surface area contributed by atoms with E-state index in [1.54, 1.807) is 0 Å². The van der Waals surface area contributed by atoms with E-state index in [1.165, 1.54) is 6.42 Å². The topological polar surface area (TPSA) is 66.5 Å². The van der Waals surface area contributed by atoms with Gasteiger partial charge in [-0.2, -0.15) is 0 Å². The largest absolute Gasteiger partial charge is 0.330 e. The van der Waals surface area contributed by atoms with Gasteiger partial charge in [0.25, 0.3) is 0 Å². The molecule has 0 radical (unpaired) electrons. The van der Waals surface area contributed by atoms with Crippen LogP contribution in [0.4, 0.5) is 4.79 Å². The molecule has 16 heavy (non-hydrogen) atoms. The Morgan fingerprint density at radius 3 is 2.44 bits per heavy atom. The molecule has 1 heterocycles. The molecule has 0 bridgehead atoms. The first-order chi connectivity index (χ1) is 7.65. The molecule has 0 aromatic heterocycles. The van der Waals surface area contributed by atoms with Crippen LogP contribution in [0.25, 0.3) is 0 Å². The Morgan fingerprint density at radius 2 is 1.81 bits per heavy atom. The number of hydrogen-bond donors (Lipinski definition) is 1. The van der Waals surface area contributed by atoms with Gasteiger partial charge in [0.2, 0.25) is 11.8 Å². The zero-order valence-corrected chi connectivity index (χ0v) is 9.62. The Hall–Kier alpha value is -1.39. The average molecular weight is 226 g/mol. The molecular weight excluding hydrogens is 208 g/mol. The Kier molecular flexibility index (Phi) is 4.95. The smallest absolute Gasteiger partial charge is 0.277 e. The molecule has 0 aliphatic carbocycles. The molecule has 0 aromatic rings. The van der Waals surface area contributed by atoms with E-state index in [0.717, 1.165) is 30.6 Å². The van der Waals surface area contributed by atoms with Crippen LogP contribution in [0.1, 0.15) is 45.4 Å². The van der Waals surface area contributed by atoms with Gasteiger partial charge in [0.15, 0.2) is 0 Å². The van der Waals surface area contributed by atoms with Gasteiger partial charge < -0.3 is 0 Å². The Balaban J connectivity index is 2.27. The second-order valence-electron chi connectivity index (χ2n) is 3.99. The molecule has 1 fully saturated rings. The third kappa shape index (κ3) is 3.64. The number of hydrogen-bond acceptors (Lipinski definition) is 3. The fraction of sp³-hybridized carbons (Fsp3) is 0.727. The molecular formula is C11H18N2O3. The lowest BCUT2D eigenvalue weighted by Gasteiger charge is -2.24. The van der Waals surface area contributed by atoms with Crippen LogP contribution in [0, 0.1) is 0 Å². The van der Waals surface area contributed by atoms with Crippen molar-refractivity contribution in [3.05, 3.63) is 0 Å². The van der Waals surface area contributed by atoms with Gasteiger partial charge in [-0.1, -0.05) is 32.6 Å². The zero-order valence-electron chi connectivity index (χ0n) is 9.62. The monoisotopic (exact) mass is 226 g/mol. The Bertz CT molecular complexity index is 269. The summed E-state index contributed by atoms with van der Waals surface area (Å²) in [6.45, 7) is 2.55. The molecule has 0 saturated carbocycles. The van der Waals surface area contributed by atoms with E-state index >= 15 is 0 Å². The molecule has 0 spiro atoms. The van der Waals surface area contributed by atoms with Crippen molar-refractivity contribution in [3.63, 3.8) is 0 Å².